The summed E-state index contributed by atoms with van der Waals surface area (Å²) < 4.78 is 4.44. The Morgan fingerprint density at radius 2 is 1.40 bits per heavy atom. The SMILES string of the molecule is CC[n+]1ccc(-c2cc[n+](CCCCc3ccc(-c4ccccn4)nc3)cc2)cc1. The highest BCUT2D eigenvalue weighted by Crippen LogP contribution is 2.16. The van der Waals surface area contributed by atoms with Crippen LogP contribution in [0.2, 0.25) is 0 Å². The van der Waals surface area contributed by atoms with Crippen molar-refractivity contribution in [2.45, 2.75) is 39.3 Å². The molecule has 0 saturated carbocycles. The number of nitrogens with zero attached hydrogens (tertiary/aromatic N) is 4. The van der Waals surface area contributed by atoms with E-state index >= 15 is 0 Å². The molecule has 4 aromatic heterocycles. The van der Waals surface area contributed by atoms with Crippen LogP contribution in [0, 0.1) is 0 Å². The quantitative estimate of drug-likeness (QED) is 0.326. The molecule has 0 unspecified atom stereocenters. The summed E-state index contributed by atoms with van der Waals surface area (Å²) in [7, 11) is 0. The Labute approximate surface area is 178 Å². The molecule has 0 saturated heterocycles. The van der Waals surface area contributed by atoms with E-state index in [1.54, 1.807) is 6.20 Å². The van der Waals surface area contributed by atoms with Gasteiger partial charge in [0.25, 0.3) is 0 Å². The first-order valence-corrected chi connectivity index (χ1v) is 10.7. The smallest absolute Gasteiger partial charge is 0.169 e. The summed E-state index contributed by atoms with van der Waals surface area (Å²) in [5.74, 6) is 0. The molecular formula is C26H28N4+2. The van der Waals surface area contributed by atoms with E-state index in [0.717, 1.165) is 43.7 Å². The molecule has 0 spiro atoms. The summed E-state index contributed by atoms with van der Waals surface area (Å²) in [6.07, 6.45) is 15.8. The Balaban J connectivity index is 1.25. The third kappa shape index (κ3) is 5.15. The first kappa shape index (κ1) is 19.9. The number of aryl methyl sites for hydroxylation is 3. The van der Waals surface area contributed by atoms with E-state index in [4.69, 9.17) is 0 Å². The predicted molar refractivity (Wildman–Crippen MR) is 118 cm³/mol. The number of hydrogen-bond donors (Lipinski definition) is 0. The van der Waals surface area contributed by atoms with E-state index in [2.05, 4.69) is 87.2 Å². The molecular weight excluding hydrogens is 368 g/mol. The fourth-order valence-electron chi connectivity index (χ4n) is 3.52. The molecule has 0 aliphatic heterocycles. The second kappa shape index (κ2) is 9.88. The van der Waals surface area contributed by atoms with E-state index < -0.39 is 0 Å². The van der Waals surface area contributed by atoms with E-state index in [1.807, 2.05) is 24.4 Å². The van der Waals surface area contributed by atoms with Crippen LogP contribution in [0.1, 0.15) is 25.3 Å². The minimum atomic E-state index is 0.920. The second-order valence-electron chi connectivity index (χ2n) is 7.47. The molecule has 0 bridgehead atoms. The number of aromatic nitrogens is 4. The topological polar surface area (TPSA) is 33.5 Å². The van der Waals surface area contributed by atoms with Gasteiger partial charge in [0.15, 0.2) is 24.8 Å². The van der Waals surface area contributed by atoms with Crippen molar-refractivity contribution in [2.75, 3.05) is 0 Å². The van der Waals surface area contributed by atoms with Crippen molar-refractivity contribution in [3.63, 3.8) is 0 Å². The zero-order chi connectivity index (χ0) is 20.6. The van der Waals surface area contributed by atoms with Gasteiger partial charge in [-0.3, -0.25) is 9.97 Å². The maximum Gasteiger partial charge on any atom is 0.169 e. The summed E-state index contributed by atoms with van der Waals surface area (Å²) >= 11 is 0. The van der Waals surface area contributed by atoms with E-state index in [0.29, 0.717) is 0 Å². The molecule has 0 fully saturated rings. The highest BCUT2D eigenvalue weighted by atomic mass is 14.9. The lowest BCUT2D eigenvalue weighted by molar-refractivity contribution is -0.697. The average molecular weight is 397 g/mol. The predicted octanol–water partition coefficient (Wildman–Crippen LogP) is 4.43. The zero-order valence-electron chi connectivity index (χ0n) is 17.5. The van der Waals surface area contributed by atoms with Crippen molar-refractivity contribution in [2.24, 2.45) is 0 Å². The molecule has 4 heteroatoms. The highest BCUT2D eigenvalue weighted by Gasteiger charge is 2.06. The lowest BCUT2D eigenvalue weighted by Gasteiger charge is -2.03. The number of hydrogen-bond acceptors (Lipinski definition) is 2. The summed E-state index contributed by atoms with van der Waals surface area (Å²) in [6.45, 7) is 4.18. The third-order valence-electron chi connectivity index (χ3n) is 5.36. The van der Waals surface area contributed by atoms with E-state index in [-0.39, 0.29) is 0 Å². The van der Waals surface area contributed by atoms with Gasteiger partial charge in [-0.25, -0.2) is 9.13 Å². The lowest BCUT2D eigenvalue weighted by atomic mass is 10.1. The Morgan fingerprint density at radius 3 is 2.00 bits per heavy atom. The average Bonchev–Trinajstić information content (AvgIpc) is 2.83. The normalized spacial score (nSPS) is 10.8. The minimum absolute atomic E-state index is 0.920. The standard InChI is InChI=1S/C26H28N4/c1-2-29-17-11-23(12-18-29)24-13-19-30(20-14-24)16-6-4-7-22-9-10-26(28-21-22)25-8-3-5-15-27-25/h3,5,8-15,17-21H,2,4,6-7,16H2,1H3/q+2. The largest absolute Gasteiger partial charge is 0.255 e. The summed E-state index contributed by atoms with van der Waals surface area (Å²) in [5.41, 5.74) is 5.65. The van der Waals surface area contributed by atoms with Crippen LogP contribution in [0.3, 0.4) is 0 Å². The lowest BCUT2D eigenvalue weighted by Crippen LogP contribution is -2.32. The molecule has 0 N–H and O–H groups in total. The maximum absolute atomic E-state index is 4.57. The van der Waals surface area contributed by atoms with Crippen molar-refractivity contribution in [1.29, 1.82) is 0 Å². The molecule has 0 aliphatic carbocycles. The molecule has 4 aromatic rings. The van der Waals surface area contributed by atoms with Crippen molar-refractivity contribution < 1.29 is 9.13 Å². The summed E-state index contributed by atoms with van der Waals surface area (Å²) in [6, 6.07) is 18.9. The van der Waals surface area contributed by atoms with Gasteiger partial charge >= 0.3 is 0 Å². The maximum atomic E-state index is 4.57. The Morgan fingerprint density at radius 1 is 0.700 bits per heavy atom. The Hall–Kier alpha value is -3.40. The monoisotopic (exact) mass is 396 g/mol. The molecule has 150 valence electrons. The third-order valence-corrected chi connectivity index (χ3v) is 5.36. The fraction of sp³-hybridized carbons (Fsp3) is 0.231. The molecule has 0 atom stereocenters. The Kier molecular flexibility index (Phi) is 6.55. The van der Waals surface area contributed by atoms with Crippen LogP contribution in [-0.4, -0.2) is 9.97 Å². The van der Waals surface area contributed by atoms with Crippen LogP contribution in [0.4, 0.5) is 0 Å². The van der Waals surface area contributed by atoms with Crippen LogP contribution >= 0.6 is 0 Å². The molecule has 4 heterocycles. The van der Waals surface area contributed by atoms with Gasteiger partial charge in [0.1, 0.15) is 13.1 Å². The minimum Gasteiger partial charge on any atom is -0.255 e. The van der Waals surface area contributed by atoms with Crippen molar-refractivity contribution >= 4 is 0 Å². The molecule has 30 heavy (non-hydrogen) atoms. The van der Waals surface area contributed by atoms with E-state index in [9.17, 15) is 0 Å². The van der Waals surface area contributed by atoms with E-state index in [1.165, 1.54) is 16.7 Å². The number of unbranched alkanes of at least 4 members (excludes halogenated alkanes) is 1. The van der Waals surface area contributed by atoms with Crippen molar-refractivity contribution in [3.8, 4) is 22.5 Å². The molecule has 0 radical (unpaired) electrons. The van der Waals surface area contributed by atoms with Gasteiger partial charge in [-0.1, -0.05) is 12.1 Å². The van der Waals surface area contributed by atoms with Gasteiger partial charge in [0.2, 0.25) is 0 Å². The first-order chi connectivity index (χ1) is 14.8. The van der Waals surface area contributed by atoms with Gasteiger partial charge in [0.05, 0.1) is 11.4 Å². The number of pyridine rings is 4. The molecule has 0 amide bonds. The van der Waals surface area contributed by atoms with Crippen molar-refractivity contribution in [3.05, 3.63) is 97.3 Å². The summed E-state index contributed by atoms with van der Waals surface area (Å²) in [5, 5.41) is 0. The van der Waals surface area contributed by atoms with Crippen LogP contribution in [0.15, 0.2) is 91.8 Å². The molecule has 0 aliphatic rings. The van der Waals surface area contributed by atoms with Crippen molar-refractivity contribution in [1.82, 2.24) is 9.97 Å². The van der Waals surface area contributed by atoms with Gasteiger partial charge in [-0.05, 0) is 54.7 Å². The summed E-state index contributed by atoms with van der Waals surface area (Å²) in [4.78, 5) is 8.92. The highest BCUT2D eigenvalue weighted by molar-refractivity contribution is 5.61. The van der Waals surface area contributed by atoms with Crippen LogP contribution < -0.4 is 9.13 Å². The van der Waals surface area contributed by atoms with Gasteiger partial charge < -0.3 is 0 Å². The zero-order valence-corrected chi connectivity index (χ0v) is 17.5. The molecule has 4 rings (SSSR count). The molecule has 0 aromatic carbocycles. The fourth-order valence-corrected chi connectivity index (χ4v) is 3.52. The second-order valence-corrected chi connectivity index (χ2v) is 7.47. The first-order valence-electron chi connectivity index (χ1n) is 10.7. The number of rotatable bonds is 8. The Bertz CT molecular complexity index is 1040. The van der Waals surface area contributed by atoms with Gasteiger partial charge in [-0.15, -0.1) is 0 Å². The molecule has 4 nitrogen and oxygen atoms in total. The van der Waals surface area contributed by atoms with Gasteiger partial charge in [-0.2, -0.15) is 0 Å². The van der Waals surface area contributed by atoms with Crippen LogP contribution in [0.5, 0.6) is 0 Å². The van der Waals surface area contributed by atoms with Crippen LogP contribution in [0.25, 0.3) is 22.5 Å². The van der Waals surface area contributed by atoms with Gasteiger partial charge in [0, 0.05) is 43.1 Å². The van der Waals surface area contributed by atoms with Crippen LogP contribution in [-0.2, 0) is 19.5 Å².